The van der Waals surface area contributed by atoms with Gasteiger partial charge in [-0.2, -0.15) is 18.3 Å². The summed E-state index contributed by atoms with van der Waals surface area (Å²) in [4.78, 5) is 19.4. The van der Waals surface area contributed by atoms with E-state index in [1.807, 2.05) is 0 Å². The van der Waals surface area contributed by atoms with Crippen molar-refractivity contribution in [3.63, 3.8) is 0 Å². The zero-order chi connectivity index (χ0) is 19.2. The van der Waals surface area contributed by atoms with Crippen molar-refractivity contribution >= 4 is 24.1 Å². The quantitative estimate of drug-likeness (QED) is 0.317. The number of nitrogens with two attached hydrogens (primary N) is 2. The van der Waals surface area contributed by atoms with Crippen LogP contribution in [0.2, 0.25) is 0 Å². The second-order valence-electron chi connectivity index (χ2n) is 4.79. The molecule has 0 aliphatic rings. The summed E-state index contributed by atoms with van der Waals surface area (Å²) in [5, 5.41) is 6.40. The summed E-state index contributed by atoms with van der Waals surface area (Å²) in [6.45, 7) is -0.244. The largest absolute Gasteiger partial charge is 0.443 e. The second-order valence-corrected chi connectivity index (χ2v) is 4.79. The molecule has 5 N–H and O–H groups in total. The molecular weight excluding hydrogens is 355 g/mol. The number of ether oxygens (including phenoxy) is 1. The molecule has 0 atom stereocenters. The summed E-state index contributed by atoms with van der Waals surface area (Å²) in [6, 6.07) is 6.22. The van der Waals surface area contributed by atoms with Crippen LogP contribution in [0.4, 0.5) is 29.6 Å². The number of hydrazone groups is 1. The minimum Gasteiger partial charge on any atom is -0.443 e. The number of amides is 1. The van der Waals surface area contributed by atoms with Crippen molar-refractivity contribution in [1.82, 2.24) is 9.97 Å². The number of anilines is 2. The highest BCUT2D eigenvalue weighted by atomic mass is 19.4. The maximum atomic E-state index is 12.6. The number of hydrogen-bond acceptors (Lipinski definition) is 7. The van der Waals surface area contributed by atoms with Gasteiger partial charge in [0, 0.05) is 6.20 Å². The Balaban J connectivity index is 1.96. The van der Waals surface area contributed by atoms with Gasteiger partial charge in [0.25, 0.3) is 0 Å². The van der Waals surface area contributed by atoms with Crippen LogP contribution in [-0.4, -0.2) is 22.4 Å². The molecule has 2 heterocycles. The summed E-state index contributed by atoms with van der Waals surface area (Å²) < 4.78 is 42.8. The second kappa shape index (κ2) is 8.11. The van der Waals surface area contributed by atoms with E-state index < -0.39 is 17.8 Å². The number of alkyl halides is 3. The first-order valence-corrected chi connectivity index (χ1v) is 7.00. The van der Waals surface area contributed by atoms with Crippen molar-refractivity contribution in [2.24, 2.45) is 16.8 Å². The third-order valence-electron chi connectivity index (χ3n) is 2.92. The lowest BCUT2D eigenvalue weighted by Crippen LogP contribution is -2.30. The van der Waals surface area contributed by atoms with Gasteiger partial charge in [0.2, 0.25) is 0 Å². The van der Waals surface area contributed by atoms with Crippen LogP contribution < -0.4 is 22.0 Å². The van der Waals surface area contributed by atoms with Gasteiger partial charge in [0.1, 0.15) is 24.6 Å². The fraction of sp³-hybridized carbons (Fsp3) is 0.143. The Morgan fingerprint density at radius 3 is 2.85 bits per heavy atom. The van der Waals surface area contributed by atoms with E-state index in [1.54, 1.807) is 18.2 Å². The standard InChI is InChI=1S/C14H14F3N7O2/c15-14(16,17)9-4-5-20-11(6-9)23-13(25)26-7-10-2-1-3-12(22-10)24(19)8-21-18/h1-6,8H,7,18-19H2,(H,20,23,25)/b21-8-. The number of carbonyl (C=O) groups is 1. The van der Waals surface area contributed by atoms with Crippen LogP contribution in [0.1, 0.15) is 11.3 Å². The van der Waals surface area contributed by atoms with E-state index in [9.17, 15) is 18.0 Å². The molecule has 0 bridgehead atoms. The highest BCUT2D eigenvalue weighted by Crippen LogP contribution is 2.29. The van der Waals surface area contributed by atoms with Crippen LogP contribution in [-0.2, 0) is 17.5 Å². The van der Waals surface area contributed by atoms with Crippen molar-refractivity contribution in [3.8, 4) is 0 Å². The number of aromatic nitrogens is 2. The minimum absolute atomic E-state index is 0.244. The molecule has 9 nitrogen and oxygen atoms in total. The molecule has 0 aliphatic heterocycles. The van der Waals surface area contributed by atoms with Crippen molar-refractivity contribution in [1.29, 1.82) is 0 Å². The van der Waals surface area contributed by atoms with Crippen LogP contribution in [0, 0.1) is 0 Å². The lowest BCUT2D eigenvalue weighted by Gasteiger charge is -2.12. The zero-order valence-corrected chi connectivity index (χ0v) is 13.1. The first kappa shape index (κ1) is 18.9. The summed E-state index contributed by atoms with van der Waals surface area (Å²) >= 11 is 0. The average Bonchev–Trinajstić information content (AvgIpc) is 2.60. The number of nitrogens with one attached hydrogen (secondary N) is 1. The van der Waals surface area contributed by atoms with Gasteiger partial charge in [0.05, 0.1) is 11.3 Å². The molecule has 0 spiro atoms. The fourth-order valence-electron chi connectivity index (χ4n) is 1.78. The third kappa shape index (κ3) is 5.31. The molecule has 0 saturated heterocycles. The van der Waals surface area contributed by atoms with E-state index in [2.05, 4.69) is 20.4 Å². The van der Waals surface area contributed by atoms with Gasteiger partial charge in [-0.25, -0.2) is 25.6 Å². The molecule has 0 unspecified atom stereocenters. The highest BCUT2D eigenvalue weighted by molar-refractivity contribution is 5.83. The van der Waals surface area contributed by atoms with Crippen LogP contribution in [0.25, 0.3) is 0 Å². The number of hydrogen-bond donors (Lipinski definition) is 3. The number of hydrazine groups is 1. The van der Waals surface area contributed by atoms with E-state index in [4.69, 9.17) is 16.4 Å². The van der Waals surface area contributed by atoms with Gasteiger partial charge in [-0.3, -0.25) is 5.32 Å². The molecule has 0 aromatic carbocycles. The van der Waals surface area contributed by atoms with Gasteiger partial charge < -0.3 is 10.6 Å². The van der Waals surface area contributed by atoms with Gasteiger partial charge >= 0.3 is 12.3 Å². The van der Waals surface area contributed by atoms with Crippen molar-refractivity contribution in [2.45, 2.75) is 12.8 Å². The summed E-state index contributed by atoms with van der Waals surface area (Å²) in [5.74, 6) is 10.6. The monoisotopic (exact) mass is 369 g/mol. The molecule has 0 radical (unpaired) electrons. The lowest BCUT2D eigenvalue weighted by molar-refractivity contribution is -0.137. The summed E-state index contributed by atoms with van der Waals surface area (Å²) in [7, 11) is 0. The Kier molecular flexibility index (Phi) is 5.90. The van der Waals surface area contributed by atoms with Crippen molar-refractivity contribution in [2.75, 3.05) is 10.3 Å². The Morgan fingerprint density at radius 2 is 2.15 bits per heavy atom. The van der Waals surface area contributed by atoms with Crippen LogP contribution in [0.3, 0.4) is 0 Å². The number of carbonyl (C=O) groups excluding carboxylic acids is 1. The number of nitrogens with zero attached hydrogens (tertiary/aromatic N) is 4. The van der Waals surface area contributed by atoms with E-state index in [0.717, 1.165) is 23.6 Å². The molecule has 0 saturated carbocycles. The van der Waals surface area contributed by atoms with E-state index in [1.165, 1.54) is 0 Å². The number of pyridine rings is 2. The number of rotatable bonds is 5. The molecule has 2 rings (SSSR count). The molecule has 2 aromatic heterocycles. The minimum atomic E-state index is -4.55. The lowest BCUT2D eigenvalue weighted by atomic mass is 10.2. The molecule has 2 aromatic rings. The average molecular weight is 369 g/mol. The van der Waals surface area contributed by atoms with Gasteiger partial charge in [-0.1, -0.05) is 6.07 Å². The topological polar surface area (TPSA) is 132 Å². The van der Waals surface area contributed by atoms with E-state index in [0.29, 0.717) is 17.6 Å². The Bertz CT molecular complexity index is 798. The zero-order valence-electron chi connectivity index (χ0n) is 13.1. The first-order valence-electron chi connectivity index (χ1n) is 7.00. The maximum Gasteiger partial charge on any atom is 0.416 e. The smallest absolute Gasteiger partial charge is 0.416 e. The molecule has 12 heteroatoms. The predicted octanol–water partition coefficient (Wildman–Crippen LogP) is 1.83. The van der Waals surface area contributed by atoms with Gasteiger partial charge in [-0.15, -0.1) is 0 Å². The fourth-order valence-corrected chi connectivity index (χ4v) is 1.78. The summed E-state index contributed by atoms with van der Waals surface area (Å²) in [5.41, 5.74) is -0.600. The summed E-state index contributed by atoms with van der Waals surface area (Å²) in [6.07, 6.45) is -3.48. The molecule has 26 heavy (non-hydrogen) atoms. The first-order chi connectivity index (χ1) is 12.3. The van der Waals surface area contributed by atoms with Crippen LogP contribution in [0.15, 0.2) is 41.6 Å². The maximum absolute atomic E-state index is 12.6. The molecule has 138 valence electrons. The van der Waals surface area contributed by atoms with Gasteiger partial charge in [-0.05, 0) is 24.3 Å². The molecule has 0 fully saturated rings. The van der Waals surface area contributed by atoms with E-state index >= 15 is 0 Å². The third-order valence-corrected chi connectivity index (χ3v) is 2.92. The predicted molar refractivity (Wildman–Crippen MR) is 86.6 cm³/mol. The molecular formula is C14H14F3N7O2. The Hall–Kier alpha value is -3.41. The van der Waals surface area contributed by atoms with E-state index in [-0.39, 0.29) is 12.4 Å². The van der Waals surface area contributed by atoms with Crippen LogP contribution in [0.5, 0.6) is 0 Å². The van der Waals surface area contributed by atoms with Gasteiger partial charge in [0.15, 0.2) is 0 Å². The Labute approximate surface area is 145 Å². The van der Waals surface area contributed by atoms with Crippen molar-refractivity contribution < 1.29 is 22.7 Å². The SMILES string of the molecule is N/N=C\N(N)c1cccc(COC(=O)Nc2cc(C(F)(F)F)ccn2)n1. The van der Waals surface area contributed by atoms with Crippen molar-refractivity contribution in [3.05, 3.63) is 47.8 Å². The highest BCUT2D eigenvalue weighted by Gasteiger charge is 2.30. The molecule has 0 aliphatic carbocycles. The van der Waals surface area contributed by atoms with Crippen LogP contribution >= 0.6 is 0 Å². The molecule has 1 amide bonds. The Morgan fingerprint density at radius 1 is 1.38 bits per heavy atom. The normalized spacial score (nSPS) is 11.4. The number of halogens is 3.